The molecule has 0 bridgehead atoms. The van der Waals surface area contributed by atoms with E-state index in [0.717, 1.165) is 83.1 Å². The highest BCUT2D eigenvalue weighted by Crippen LogP contribution is 2.43. The van der Waals surface area contributed by atoms with Crippen molar-refractivity contribution in [2.75, 3.05) is 4.90 Å². The molecular formula is C52H32N2O2. The van der Waals surface area contributed by atoms with Crippen molar-refractivity contribution in [1.82, 2.24) is 4.57 Å². The molecule has 0 saturated heterocycles. The zero-order valence-electron chi connectivity index (χ0n) is 30.2. The van der Waals surface area contributed by atoms with E-state index in [0.29, 0.717) is 0 Å². The smallest absolute Gasteiger partial charge is 0.143 e. The molecule has 0 fully saturated rings. The molecule has 0 aliphatic carbocycles. The van der Waals surface area contributed by atoms with Gasteiger partial charge < -0.3 is 18.3 Å². The second-order valence-electron chi connectivity index (χ2n) is 14.5. The van der Waals surface area contributed by atoms with Crippen molar-refractivity contribution in [3.8, 4) is 16.8 Å². The van der Waals surface area contributed by atoms with Gasteiger partial charge in [-0.1, -0.05) is 115 Å². The summed E-state index contributed by atoms with van der Waals surface area (Å²) in [7, 11) is 0. The zero-order valence-corrected chi connectivity index (χ0v) is 30.2. The Hall–Kier alpha value is -7.56. The van der Waals surface area contributed by atoms with E-state index >= 15 is 0 Å². The summed E-state index contributed by atoms with van der Waals surface area (Å²) >= 11 is 0. The lowest BCUT2D eigenvalue weighted by Crippen LogP contribution is -2.10. The van der Waals surface area contributed by atoms with Crippen molar-refractivity contribution in [1.29, 1.82) is 0 Å². The van der Waals surface area contributed by atoms with Crippen LogP contribution in [-0.4, -0.2) is 4.57 Å². The maximum atomic E-state index is 6.54. The molecule has 0 amide bonds. The summed E-state index contributed by atoms with van der Waals surface area (Å²) in [6.07, 6.45) is 0. The van der Waals surface area contributed by atoms with Gasteiger partial charge >= 0.3 is 0 Å². The van der Waals surface area contributed by atoms with Crippen LogP contribution in [0.3, 0.4) is 0 Å². The first kappa shape index (κ1) is 30.9. The Kier molecular flexibility index (Phi) is 6.60. The van der Waals surface area contributed by atoms with E-state index in [1.807, 2.05) is 12.1 Å². The number of hydrogen-bond acceptors (Lipinski definition) is 3. The molecule has 0 spiro atoms. The summed E-state index contributed by atoms with van der Waals surface area (Å²) in [5.41, 5.74) is 12.5. The van der Waals surface area contributed by atoms with Crippen molar-refractivity contribution in [3.05, 3.63) is 194 Å². The Morgan fingerprint density at radius 3 is 1.84 bits per heavy atom. The number of fused-ring (bicyclic) bond motifs is 11. The van der Waals surface area contributed by atoms with Crippen LogP contribution in [0.4, 0.5) is 17.1 Å². The van der Waals surface area contributed by atoms with E-state index in [2.05, 4.69) is 191 Å². The van der Waals surface area contributed by atoms with Crippen molar-refractivity contribution in [3.63, 3.8) is 0 Å². The first-order valence-corrected chi connectivity index (χ1v) is 19.0. The molecule has 0 N–H and O–H groups in total. The van der Waals surface area contributed by atoms with Crippen LogP contribution in [0.25, 0.3) is 93.3 Å². The van der Waals surface area contributed by atoms with E-state index in [9.17, 15) is 0 Å². The predicted molar refractivity (Wildman–Crippen MR) is 233 cm³/mol. The summed E-state index contributed by atoms with van der Waals surface area (Å²) < 4.78 is 15.2. The Morgan fingerprint density at radius 1 is 0.375 bits per heavy atom. The molecule has 9 aromatic carbocycles. The van der Waals surface area contributed by atoms with Gasteiger partial charge in [0.2, 0.25) is 0 Å². The molecule has 56 heavy (non-hydrogen) atoms. The van der Waals surface area contributed by atoms with Gasteiger partial charge in [0.05, 0.1) is 11.0 Å². The Balaban J connectivity index is 1.04. The summed E-state index contributed by atoms with van der Waals surface area (Å²) in [4.78, 5) is 2.35. The Labute approximate surface area is 321 Å². The van der Waals surface area contributed by atoms with Crippen LogP contribution in [-0.2, 0) is 0 Å². The van der Waals surface area contributed by atoms with Gasteiger partial charge in [0.25, 0.3) is 0 Å². The third-order valence-electron chi connectivity index (χ3n) is 11.4. The molecule has 3 heterocycles. The average Bonchev–Trinajstić information content (AvgIpc) is 3.94. The molecule has 0 radical (unpaired) electrons. The van der Waals surface area contributed by atoms with Gasteiger partial charge in [0, 0.05) is 60.5 Å². The number of hydrogen-bond donors (Lipinski definition) is 0. The van der Waals surface area contributed by atoms with Gasteiger partial charge in [0.15, 0.2) is 0 Å². The number of anilines is 3. The molecule has 0 aliphatic rings. The fourth-order valence-corrected chi connectivity index (χ4v) is 8.86. The van der Waals surface area contributed by atoms with Crippen LogP contribution >= 0.6 is 0 Å². The summed E-state index contributed by atoms with van der Waals surface area (Å²) in [6.45, 7) is 0. The summed E-state index contributed by atoms with van der Waals surface area (Å²) in [5.74, 6) is 0. The van der Waals surface area contributed by atoms with Crippen LogP contribution < -0.4 is 4.90 Å². The van der Waals surface area contributed by atoms with E-state index in [1.165, 1.54) is 27.2 Å². The van der Waals surface area contributed by atoms with Crippen molar-refractivity contribution >= 4 is 93.5 Å². The number of benzene rings is 9. The monoisotopic (exact) mass is 716 g/mol. The summed E-state index contributed by atoms with van der Waals surface area (Å²) in [6, 6.07) is 69.1. The molecule has 262 valence electrons. The molecule has 0 unspecified atom stereocenters. The molecule has 0 aliphatic heterocycles. The minimum absolute atomic E-state index is 0.873. The predicted octanol–water partition coefficient (Wildman–Crippen LogP) is 14.9. The van der Waals surface area contributed by atoms with Gasteiger partial charge in [-0.25, -0.2) is 0 Å². The molecular weight excluding hydrogens is 685 g/mol. The topological polar surface area (TPSA) is 34.5 Å². The highest BCUT2D eigenvalue weighted by Gasteiger charge is 2.19. The molecule has 12 rings (SSSR count). The Morgan fingerprint density at radius 2 is 1.02 bits per heavy atom. The van der Waals surface area contributed by atoms with Crippen molar-refractivity contribution in [2.45, 2.75) is 0 Å². The van der Waals surface area contributed by atoms with Gasteiger partial charge in [-0.3, -0.25) is 0 Å². The highest BCUT2D eigenvalue weighted by atomic mass is 16.3. The normalized spacial score (nSPS) is 11.9. The Bertz CT molecular complexity index is 3440. The average molecular weight is 717 g/mol. The van der Waals surface area contributed by atoms with Crippen molar-refractivity contribution < 1.29 is 8.83 Å². The lowest BCUT2D eigenvalue weighted by Gasteiger charge is -2.26. The standard InChI is InChI=1S/C52H32N2O2/c1-2-14-40-33(11-1)25-29-44-51-39(18-10-22-50(51)56-52(40)44)34-23-26-35(27-24-34)53(38-28-30-49-45(32-38)43-17-5-8-21-48(43)55-49)36-12-9-13-37(31-36)54-46-19-6-3-15-41(46)42-16-4-7-20-47(42)54/h1-32H. The van der Waals surface area contributed by atoms with Crippen LogP contribution in [0.2, 0.25) is 0 Å². The second-order valence-corrected chi connectivity index (χ2v) is 14.5. The number of aromatic nitrogens is 1. The van der Waals surface area contributed by atoms with E-state index in [1.54, 1.807) is 0 Å². The maximum absolute atomic E-state index is 6.54. The van der Waals surface area contributed by atoms with E-state index in [4.69, 9.17) is 8.83 Å². The van der Waals surface area contributed by atoms with Crippen LogP contribution in [0.5, 0.6) is 0 Å². The minimum atomic E-state index is 0.873. The van der Waals surface area contributed by atoms with Gasteiger partial charge in [-0.05, 0) is 95.4 Å². The van der Waals surface area contributed by atoms with Crippen molar-refractivity contribution in [2.24, 2.45) is 0 Å². The minimum Gasteiger partial charge on any atom is -0.456 e. The SMILES string of the molecule is c1cc(N(c2ccc(-c3cccc4oc5c6ccccc6ccc5c34)cc2)c2ccc3oc4ccccc4c3c2)cc(-n2c3ccccc3c3ccccc32)c1. The number of para-hydroxylation sites is 3. The third-order valence-corrected chi connectivity index (χ3v) is 11.4. The van der Waals surface area contributed by atoms with Crippen LogP contribution in [0.15, 0.2) is 203 Å². The zero-order chi connectivity index (χ0) is 36.7. The van der Waals surface area contributed by atoms with Crippen LogP contribution in [0, 0.1) is 0 Å². The molecule has 0 saturated carbocycles. The van der Waals surface area contributed by atoms with Gasteiger partial charge in [-0.2, -0.15) is 0 Å². The quantitative estimate of drug-likeness (QED) is 0.178. The molecule has 4 nitrogen and oxygen atoms in total. The van der Waals surface area contributed by atoms with E-state index in [-0.39, 0.29) is 0 Å². The molecule has 0 atom stereocenters. The lowest BCUT2D eigenvalue weighted by atomic mass is 9.98. The third kappa shape index (κ3) is 4.60. The molecule has 12 aromatic rings. The fraction of sp³-hybridized carbons (Fsp3) is 0. The highest BCUT2D eigenvalue weighted by molar-refractivity contribution is 6.19. The van der Waals surface area contributed by atoms with E-state index < -0.39 is 0 Å². The first-order valence-electron chi connectivity index (χ1n) is 19.0. The molecule has 4 heteroatoms. The lowest BCUT2D eigenvalue weighted by molar-refractivity contribution is 0.669. The fourth-order valence-electron chi connectivity index (χ4n) is 8.86. The van der Waals surface area contributed by atoms with Gasteiger partial charge in [0.1, 0.15) is 22.3 Å². The first-order chi connectivity index (χ1) is 27.8. The maximum Gasteiger partial charge on any atom is 0.143 e. The molecule has 3 aromatic heterocycles. The van der Waals surface area contributed by atoms with Crippen LogP contribution in [0.1, 0.15) is 0 Å². The summed E-state index contributed by atoms with van der Waals surface area (Å²) in [5, 5.41) is 9.24. The second kappa shape index (κ2) is 12.0. The number of furan rings is 2. The number of rotatable bonds is 5. The number of nitrogens with zero attached hydrogens (tertiary/aromatic N) is 2. The van der Waals surface area contributed by atoms with Gasteiger partial charge in [-0.15, -0.1) is 0 Å². The largest absolute Gasteiger partial charge is 0.456 e.